The highest BCUT2D eigenvalue weighted by Gasteiger charge is 2.27. The third kappa shape index (κ3) is 3.56. The van der Waals surface area contributed by atoms with Gasteiger partial charge >= 0.3 is 5.97 Å². The van der Waals surface area contributed by atoms with Crippen LogP contribution in [0.15, 0.2) is 35.8 Å². The number of ketones is 1. The Morgan fingerprint density at radius 3 is 2.83 bits per heavy atom. The molecule has 0 amide bonds. The van der Waals surface area contributed by atoms with Crippen LogP contribution in [-0.4, -0.2) is 18.4 Å². The first-order chi connectivity index (χ1) is 8.60. The average molecular weight is 251 g/mol. The van der Waals surface area contributed by atoms with Crippen LogP contribution in [0.2, 0.25) is 0 Å². The largest absolute Gasteiger partial charge is 0.427 e. The molecule has 0 spiro atoms. The number of esters is 1. The van der Waals surface area contributed by atoms with Crippen molar-refractivity contribution in [1.29, 1.82) is 0 Å². The van der Waals surface area contributed by atoms with Crippen LogP contribution in [0.5, 0.6) is 0 Å². The first kappa shape index (κ1) is 14.2. The molecule has 0 bridgehead atoms. The van der Waals surface area contributed by atoms with Gasteiger partial charge in [-0.1, -0.05) is 19.4 Å². The van der Waals surface area contributed by atoms with Crippen molar-refractivity contribution in [2.75, 3.05) is 6.61 Å². The second kappa shape index (κ2) is 6.76. The summed E-state index contributed by atoms with van der Waals surface area (Å²) in [4.78, 5) is 28.6. The van der Waals surface area contributed by atoms with E-state index in [1.54, 1.807) is 13.0 Å². The third-order valence-corrected chi connectivity index (χ3v) is 2.24. The van der Waals surface area contributed by atoms with Crippen LogP contribution in [0.4, 0.5) is 0 Å². The van der Waals surface area contributed by atoms with Gasteiger partial charge in [0.2, 0.25) is 0 Å². The zero-order valence-electron chi connectivity index (χ0n) is 10.6. The zero-order valence-corrected chi connectivity index (χ0v) is 10.6. The topological polar surface area (TPSA) is 64.6 Å². The number of carbonyl (C=O) groups is 2. The van der Waals surface area contributed by atoms with Gasteiger partial charge in [0.15, 0.2) is 5.78 Å². The van der Waals surface area contributed by atoms with Gasteiger partial charge in [-0.15, -0.1) is 6.58 Å². The Kier molecular flexibility index (Phi) is 5.32. The quantitative estimate of drug-likeness (QED) is 0.195. The fourth-order valence-corrected chi connectivity index (χ4v) is 1.52. The minimum absolute atomic E-state index is 0.00603. The summed E-state index contributed by atoms with van der Waals surface area (Å²) in [7, 11) is 0. The van der Waals surface area contributed by atoms with Gasteiger partial charge < -0.3 is 4.74 Å². The number of nitrogens with one attached hydrogen (secondary N) is 1. The maximum Gasteiger partial charge on any atom is 0.349 e. The maximum atomic E-state index is 11.8. The number of hydroxylamine groups is 1. The van der Waals surface area contributed by atoms with Gasteiger partial charge in [-0.3, -0.25) is 15.1 Å². The SMILES string of the molecule is C=CCONC(CCC)=C1C(=O)C=C(C)OC1=O. The van der Waals surface area contributed by atoms with Crippen molar-refractivity contribution in [2.24, 2.45) is 0 Å². The molecule has 0 saturated carbocycles. The summed E-state index contributed by atoms with van der Waals surface area (Å²) in [5.74, 6) is -0.698. The Morgan fingerprint density at radius 1 is 1.56 bits per heavy atom. The van der Waals surface area contributed by atoms with E-state index in [4.69, 9.17) is 9.57 Å². The van der Waals surface area contributed by atoms with E-state index in [0.717, 1.165) is 6.42 Å². The summed E-state index contributed by atoms with van der Waals surface area (Å²) >= 11 is 0. The monoisotopic (exact) mass is 251 g/mol. The first-order valence-corrected chi connectivity index (χ1v) is 5.76. The maximum absolute atomic E-state index is 11.8. The molecule has 0 aromatic rings. The summed E-state index contributed by atoms with van der Waals surface area (Å²) < 4.78 is 4.93. The van der Waals surface area contributed by atoms with Crippen molar-refractivity contribution in [3.05, 3.63) is 35.8 Å². The van der Waals surface area contributed by atoms with Crippen LogP contribution in [0.1, 0.15) is 26.7 Å². The molecule has 1 N–H and O–H groups in total. The van der Waals surface area contributed by atoms with E-state index in [-0.39, 0.29) is 18.0 Å². The van der Waals surface area contributed by atoms with Gasteiger partial charge in [-0.25, -0.2) is 4.79 Å². The van der Waals surface area contributed by atoms with Crippen molar-refractivity contribution in [1.82, 2.24) is 5.48 Å². The fourth-order valence-electron chi connectivity index (χ4n) is 1.52. The van der Waals surface area contributed by atoms with Gasteiger partial charge in [0, 0.05) is 6.08 Å². The van der Waals surface area contributed by atoms with Crippen molar-refractivity contribution >= 4 is 11.8 Å². The van der Waals surface area contributed by atoms with E-state index in [9.17, 15) is 9.59 Å². The normalized spacial score (nSPS) is 18.0. The molecule has 0 radical (unpaired) electrons. The molecule has 0 atom stereocenters. The molecule has 0 fully saturated rings. The highest BCUT2D eigenvalue weighted by atomic mass is 16.6. The third-order valence-electron chi connectivity index (χ3n) is 2.24. The standard InChI is InChI=1S/C13H17NO4/c1-4-6-10(14-17-7-5-2)12-11(15)8-9(3)18-13(12)16/h5,8,14H,2,4,6-7H2,1,3H3. The van der Waals surface area contributed by atoms with Crippen molar-refractivity contribution in [3.63, 3.8) is 0 Å². The second-order valence-corrected chi connectivity index (χ2v) is 3.81. The molecule has 0 aliphatic carbocycles. The first-order valence-electron chi connectivity index (χ1n) is 5.76. The molecule has 98 valence electrons. The molecule has 0 unspecified atom stereocenters. The molecule has 5 nitrogen and oxygen atoms in total. The number of rotatable bonds is 6. The second-order valence-electron chi connectivity index (χ2n) is 3.81. The number of hydrogen-bond acceptors (Lipinski definition) is 5. The Hall–Kier alpha value is -1.88. The number of cyclic esters (lactones) is 1. The van der Waals surface area contributed by atoms with Gasteiger partial charge in [-0.05, 0) is 13.3 Å². The van der Waals surface area contributed by atoms with Crippen LogP contribution in [-0.2, 0) is 19.2 Å². The predicted octanol–water partition coefficient (Wildman–Crippen LogP) is 1.78. The van der Waals surface area contributed by atoms with Gasteiger partial charge in [0.05, 0.1) is 12.3 Å². The Bertz CT molecular complexity index is 421. The van der Waals surface area contributed by atoms with E-state index in [0.29, 0.717) is 17.9 Å². The number of allylic oxidation sites excluding steroid dienone is 3. The molecule has 1 aliphatic heterocycles. The molecule has 0 saturated heterocycles. The van der Waals surface area contributed by atoms with E-state index in [1.165, 1.54) is 6.08 Å². The minimum atomic E-state index is -0.641. The molecule has 18 heavy (non-hydrogen) atoms. The van der Waals surface area contributed by atoms with Gasteiger partial charge in [0.1, 0.15) is 11.3 Å². The molecule has 0 aromatic heterocycles. The molecular formula is C13H17NO4. The highest BCUT2D eigenvalue weighted by molar-refractivity contribution is 6.24. The van der Waals surface area contributed by atoms with Gasteiger partial charge in [-0.2, -0.15) is 0 Å². The predicted molar refractivity (Wildman–Crippen MR) is 66.1 cm³/mol. The van der Waals surface area contributed by atoms with E-state index in [1.807, 2.05) is 6.92 Å². The zero-order chi connectivity index (χ0) is 13.5. The molecule has 1 aliphatic rings. The Morgan fingerprint density at radius 2 is 2.28 bits per heavy atom. The lowest BCUT2D eigenvalue weighted by Crippen LogP contribution is -2.26. The van der Waals surface area contributed by atoms with Crippen LogP contribution >= 0.6 is 0 Å². The average Bonchev–Trinajstić information content (AvgIpc) is 2.28. The highest BCUT2D eigenvalue weighted by Crippen LogP contribution is 2.18. The minimum Gasteiger partial charge on any atom is -0.427 e. The Labute approximate surface area is 106 Å². The fraction of sp³-hybridized carbons (Fsp3) is 0.385. The number of ether oxygens (including phenoxy) is 1. The Balaban J connectivity index is 2.98. The van der Waals surface area contributed by atoms with Crippen LogP contribution < -0.4 is 5.48 Å². The van der Waals surface area contributed by atoms with E-state index >= 15 is 0 Å². The van der Waals surface area contributed by atoms with Crippen LogP contribution in [0.3, 0.4) is 0 Å². The number of carbonyl (C=O) groups excluding carboxylic acids is 2. The molecular weight excluding hydrogens is 234 g/mol. The van der Waals surface area contributed by atoms with Crippen molar-refractivity contribution < 1.29 is 19.2 Å². The summed E-state index contributed by atoms with van der Waals surface area (Å²) in [6, 6.07) is 0. The molecule has 1 rings (SSSR count). The summed E-state index contributed by atoms with van der Waals surface area (Å²) in [6.45, 7) is 7.29. The summed E-state index contributed by atoms with van der Waals surface area (Å²) in [5.41, 5.74) is 3.07. The van der Waals surface area contributed by atoms with E-state index < -0.39 is 5.97 Å². The lowest BCUT2D eigenvalue weighted by molar-refractivity contribution is -0.137. The number of hydrogen-bond donors (Lipinski definition) is 1. The lowest BCUT2D eigenvalue weighted by Gasteiger charge is -2.17. The van der Waals surface area contributed by atoms with Crippen molar-refractivity contribution in [2.45, 2.75) is 26.7 Å². The van der Waals surface area contributed by atoms with Crippen LogP contribution in [0, 0.1) is 0 Å². The summed E-state index contributed by atoms with van der Waals surface area (Å²) in [5, 5.41) is 0. The summed E-state index contributed by atoms with van der Waals surface area (Å²) in [6.07, 6.45) is 4.15. The van der Waals surface area contributed by atoms with Crippen LogP contribution in [0.25, 0.3) is 0 Å². The molecule has 1 heterocycles. The van der Waals surface area contributed by atoms with Crippen molar-refractivity contribution in [3.8, 4) is 0 Å². The van der Waals surface area contributed by atoms with E-state index in [2.05, 4.69) is 12.1 Å². The lowest BCUT2D eigenvalue weighted by atomic mass is 10.0. The smallest absolute Gasteiger partial charge is 0.349 e. The molecule has 0 aromatic carbocycles. The van der Waals surface area contributed by atoms with Gasteiger partial charge in [0.25, 0.3) is 0 Å². The molecule has 5 heteroatoms.